The number of rotatable bonds is 6. The first kappa shape index (κ1) is 21.8. The second-order valence-corrected chi connectivity index (χ2v) is 9.16. The number of carbonyl (C=O) groups is 1. The van der Waals surface area contributed by atoms with Gasteiger partial charge < -0.3 is 15.1 Å². The molecule has 2 aliphatic rings. The monoisotopic (exact) mass is 448 g/mol. The predicted molar refractivity (Wildman–Crippen MR) is 127 cm³/mol. The van der Waals surface area contributed by atoms with Gasteiger partial charge in [-0.25, -0.2) is 0 Å². The van der Waals surface area contributed by atoms with Gasteiger partial charge in [0.1, 0.15) is 12.1 Å². The molecule has 0 radical (unpaired) electrons. The van der Waals surface area contributed by atoms with Crippen molar-refractivity contribution in [2.24, 2.45) is 5.92 Å². The van der Waals surface area contributed by atoms with Crippen molar-refractivity contribution >= 4 is 17.4 Å². The fraction of sp³-hybridized carbons (Fsp3) is 0.500. The molecule has 0 aliphatic carbocycles. The zero-order valence-corrected chi connectivity index (χ0v) is 19.2. The zero-order valence-electron chi connectivity index (χ0n) is 19.2. The second-order valence-electron chi connectivity index (χ2n) is 9.16. The van der Waals surface area contributed by atoms with Gasteiger partial charge in [-0.05, 0) is 37.6 Å². The Morgan fingerprint density at radius 2 is 1.79 bits per heavy atom. The van der Waals surface area contributed by atoms with Crippen LogP contribution in [-0.2, 0) is 4.79 Å². The molecule has 2 fully saturated rings. The van der Waals surface area contributed by atoms with Gasteiger partial charge in [-0.15, -0.1) is 15.3 Å². The Morgan fingerprint density at radius 1 is 1.03 bits per heavy atom. The summed E-state index contributed by atoms with van der Waals surface area (Å²) in [5.41, 5.74) is 1.91. The molecule has 0 saturated carbocycles. The molecule has 174 valence electrons. The third kappa shape index (κ3) is 5.15. The van der Waals surface area contributed by atoms with E-state index in [9.17, 15) is 4.79 Å². The van der Waals surface area contributed by atoms with Crippen LogP contribution in [0.25, 0.3) is 5.65 Å². The van der Waals surface area contributed by atoms with Crippen LogP contribution in [0.2, 0.25) is 0 Å². The van der Waals surface area contributed by atoms with E-state index in [-0.39, 0.29) is 17.9 Å². The highest BCUT2D eigenvalue weighted by molar-refractivity contribution is 5.79. The molecule has 1 amide bonds. The fourth-order valence-electron chi connectivity index (χ4n) is 4.76. The highest BCUT2D eigenvalue weighted by Crippen LogP contribution is 2.24. The van der Waals surface area contributed by atoms with Crippen molar-refractivity contribution in [1.82, 2.24) is 34.9 Å². The van der Waals surface area contributed by atoms with Gasteiger partial charge in [-0.1, -0.05) is 30.3 Å². The standard InChI is InChI=1S/C24H32N8O/c1-29-13-15-30(16-14-29)17-21(19-5-3-2-4-6-19)26-24(33)20-9-11-31(12-10-20)23-8-7-22-27-25-18-32(22)28-23/h2-8,18,20-21H,9-17H2,1H3,(H,26,33). The van der Waals surface area contributed by atoms with Crippen LogP contribution in [0.15, 0.2) is 48.8 Å². The SMILES string of the molecule is CN1CCN(CC(NC(=O)C2CCN(c3ccc4nncn4n3)CC2)c2ccccc2)CC1. The van der Waals surface area contributed by atoms with Crippen LogP contribution in [-0.4, -0.2) is 88.4 Å². The van der Waals surface area contributed by atoms with Crippen molar-refractivity contribution in [3.63, 3.8) is 0 Å². The molecule has 2 saturated heterocycles. The van der Waals surface area contributed by atoms with Crippen molar-refractivity contribution in [1.29, 1.82) is 0 Å². The fourth-order valence-corrected chi connectivity index (χ4v) is 4.76. The van der Waals surface area contributed by atoms with E-state index >= 15 is 0 Å². The Balaban J connectivity index is 1.20. The molecule has 0 spiro atoms. The summed E-state index contributed by atoms with van der Waals surface area (Å²) in [4.78, 5) is 20.3. The van der Waals surface area contributed by atoms with E-state index in [1.807, 2.05) is 18.2 Å². The lowest BCUT2D eigenvalue weighted by molar-refractivity contribution is -0.126. The Kier molecular flexibility index (Phi) is 6.50. The molecule has 3 aromatic rings. The number of anilines is 1. The van der Waals surface area contributed by atoms with E-state index in [0.717, 1.165) is 70.1 Å². The molecule has 1 N–H and O–H groups in total. The first-order valence-electron chi connectivity index (χ1n) is 11.8. The summed E-state index contributed by atoms with van der Waals surface area (Å²) in [6.45, 7) is 6.70. The molecule has 4 heterocycles. The molecule has 9 nitrogen and oxygen atoms in total. The summed E-state index contributed by atoms with van der Waals surface area (Å²) in [5.74, 6) is 1.09. The topological polar surface area (TPSA) is 81.9 Å². The molecular formula is C24H32N8O. The normalized spacial score (nSPS) is 19.6. The number of piperidine rings is 1. The minimum Gasteiger partial charge on any atom is -0.355 e. The molecule has 33 heavy (non-hydrogen) atoms. The van der Waals surface area contributed by atoms with Gasteiger partial charge in [0.25, 0.3) is 0 Å². The summed E-state index contributed by atoms with van der Waals surface area (Å²) in [7, 11) is 2.17. The van der Waals surface area contributed by atoms with Gasteiger partial charge >= 0.3 is 0 Å². The van der Waals surface area contributed by atoms with Crippen LogP contribution in [0.5, 0.6) is 0 Å². The maximum Gasteiger partial charge on any atom is 0.223 e. The molecule has 2 aliphatic heterocycles. The van der Waals surface area contributed by atoms with Crippen LogP contribution in [0, 0.1) is 5.92 Å². The molecule has 0 bridgehead atoms. The summed E-state index contributed by atoms with van der Waals surface area (Å²) in [6.07, 6.45) is 3.26. The van der Waals surface area contributed by atoms with E-state index < -0.39 is 0 Å². The molecule has 1 unspecified atom stereocenters. The number of nitrogens with zero attached hydrogens (tertiary/aromatic N) is 7. The van der Waals surface area contributed by atoms with E-state index in [2.05, 4.69) is 66.6 Å². The largest absolute Gasteiger partial charge is 0.355 e. The number of benzene rings is 1. The number of hydrogen-bond donors (Lipinski definition) is 1. The van der Waals surface area contributed by atoms with E-state index in [4.69, 9.17) is 0 Å². The minimum atomic E-state index is 0.0120. The van der Waals surface area contributed by atoms with Crippen LogP contribution in [0.1, 0.15) is 24.4 Å². The maximum absolute atomic E-state index is 13.3. The van der Waals surface area contributed by atoms with Gasteiger partial charge in [0.15, 0.2) is 5.65 Å². The quantitative estimate of drug-likeness (QED) is 0.611. The van der Waals surface area contributed by atoms with Crippen LogP contribution >= 0.6 is 0 Å². The lowest BCUT2D eigenvalue weighted by atomic mass is 9.95. The lowest BCUT2D eigenvalue weighted by Gasteiger charge is -2.36. The van der Waals surface area contributed by atoms with E-state index in [1.165, 1.54) is 5.56 Å². The number of piperazine rings is 1. The van der Waals surface area contributed by atoms with Crippen LogP contribution in [0.4, 0.5) is 5.82 Å². The number of likely N-dealkylation sites (N-methyl/N-ethyl adjacent to an activating group) is 1. The van der Waals surface area contributed by atoms with Gasteiger partial charge in [-0.3, -0.25) is 9.69 Å². The van der Waals surface area contributed by atoms with Gasteiger partial charge in [0.2, 0.25) is 5.91 Å². The molecule has 2 aromatic heterocycles. The zero-order chi connectivity index (χ0) is 22.6. The average Bonchev–Trinajstić information content (AvgIpc) is 3.33. The minimum absolute atomic E-state index is 0.0120. The third-order valence-electron chi connectivity index (χ3n) is 6.89. The van der Waals surface area contributed by atoms with Crippen molar-refractivity contribution in [2.45, 2.75) is 18.9 Å². The molecule has 5 rings (SSSR count). The highest BCUT2D eigenvalue weighted by Gasteiger charge is 2.28. The summed E-state index contributed by atoms with van der Waals surface area (Å²) >= 11 is 0. The number of aromatic nitrogens is 4. The molecule has 1 aromatic carbocycles. The van der Waals surface area contributed by atoms with Crippen molar-refractivity contribution in [3.05, 3.63) is 54.4 Å². The Hall–Kier alpha value is -3.04. The number of hydrogen-bond acceptors (Lipinski definition) is 7. The van der Waals surface area contributed by atoms with Crippen molar-refractivity contribution in [2.75, 3.05) is 57.8 Å². The molecular weight excluding hydrogens is 416 g/mol. The third-order valence-corrected chi connectivity index (χ3v) is 6.89. The van der Waals surface area contributed by atoms with E-state index in [1.54, 1.807) is 10.8 Å². The number of amides is 1. The lowest BCUT2D eigenvalue weighted by Crippen LogP contribution is -2.49. The summed E-state index contributed by atoms with van der Waals surface area (Å²) in [5, 5.41) is 15.9. The smallest absolute Gasteiger partial charge is 0.223 e. The number of fused-ring (bicyclic) bond motifs is 1. The second kappa shape index (κ2) is 9.84. The van der Waals surface area contributed by atoms with E-state index in [0.29, 0.717) is 0 Å². The molecule has 1 atom stereocenters. The molecule has 9 heteroatoms. The average molecular weight is 449 g/mol. The van der Waals surface area contributed by atoms with Gasteiger partial charge in [0, 0.05) is 51.7 Å². The van der Waals surface area contributed by atoms with Gasteiger partial charge in [-0.2, -0.15) is 4.52 Å². The highest BCUT2D eigenvalue weighted by atomic mass is 16.2. The number of nitrogens with one attached hydrogen (secondary N) is 1. The number of carbonyl (C=O) groups excluding carboxylic acids is 1. The Bertz CT molecular complexity index is 1050. The first-order chi connectivity index (χ1) is 16.2. The van der Waals surface area contributed by atoms with Crippen molar-refractivity contribution < 1.29 is 4.79 Å². The Labute approximate surface area is 194 Å². The predicted octanol–water partition coefficient (Wildman–Crippen LogP) is 1.45. The van der Waals surface area contributed by atoms with Gasteiger partial charge in [0.05, 0.1) is 6.04 Å². The Morgan fingerprint density at radius 3 is 2.55 bits per heavy atom. The summed E-state index contributed by atoms with van der Waals surface area (Å²) in [6, 6.07) is 14.3. The first-order valence-corrected chi connectivity index (χ1v) is 11.8. The maximum atomic E-state index is 13.3. The van der Waals surface area contributed by atoms with Crippen molar-refractivity contribution in [3.8, 4) is 0 Å². The summed E-state index contributed by atoms with van der Waals surface area (Å²) < 4.78 is 1.69. The van der Waals surface area contributed by atoms with Crippen LogP contribution in [0.3, 0.4) is 0 Å². The van der Waals surface area contributed by atoms with Crippen LogP contribution < -0.4 is 10.2 Å².